The molecule has 0 aromatic heterocycles. The van der Waals surface area contributed by atoms with Crippen molar-refractivity contribution >= 4 is 50.3 Å². The molecule has 11 rings (SSSR count). The third kappa shape index (κ3) is 6.51. The van der Waals surface area contributed by atoms with Crippen LogP contribution >= 0.6 is 0 Å². The van der Waals surface area contributed by atoms with Crippen molar-refractivity contribution in [3.8, 4) is 33.4 Å². The molecule has 0 N–H and O–H groups in total. The quantitative estimate of drug-likeness (QED) is 0.139. The highest BCUT2D eigenvalue weighted by molar-refractivity contribution is 6.12. The molecule has 62 heavy (non-hydrogen) atoms. The molecule has 0 saturated carbocycles. The van der Waals surface area contributed by atoms with Gasteiger partial charge in [0.05, 0.1) is 5.69 Å². The molecule has 0 atom stereocenters. The lowest BCUT2D eigenvalue weighted by Crippen LogP contribution is -2.15. The third-order valence-electron chi connectivity index (χ3n) is 12.9. The summed E-state index contributed by atoms with van der Waals surface area (Å²) in [6.45, 7) is 4.79. The molecule has 1 aliphatic carbocycles. The highest BCUT2D eigenvalue weighted by Gasteiger charge is 2.37. The van der Waals surface area contributed by atoms with Gasteiger partial charge in [0.1, 0.15) is 0 Å². The van der Waals surface area contributed by atoms with Gasteiger partial charge in [0.2, 0.25) is 0 Å². The zero-order valence-electron chi connectivity index (χ0n) is 35.0. The maximum absolute atomic E-state index is 2.52. The fourth-order valence-corrected chi connectivity index (χ4v) is 9.70. The molecule has 0 heterocycles. The van der Waals surface area contributed by atoms with Crippen LogP contribution in [0.25, 0.3) is 66.6 Å². The highest BCUT2D eigenvalue weighted by atomic mass is 15.1. The second-order valence-corrected chi connectivity index (χ2v) is 16.9. The van der Waals surface area contributed by atoms with E-state index in [1.165, 1.54) is 82.8 Å². The van der Waals surface area contributed by atoms with E-state index >= 15 is 0 Å². The number of rotatable bonds is 8. The van der Waals surface area contributed by atoms with Gasteiger partial charge in [-0.2, -0.15) is 0 Å². The number of anilines is 3. The van der Waals surface area contributed by atoms with Crippen LogP contribution in [0.3, 0.4) is 0 Å². The Morgan fingerprint density at radius 3 is 1.63 bits per heavy atom. The first kappa shape index (κ1) is 37.3. The molecule has 10 aromatic rings. The van der Waals surface area contributed by atoms with Crippen molar-refractivity contribution in [1.82, 2.24) is 0 Å². The lowest BCUT2D eigenvalue weighted by molar-refractivity contribution is 0.661. The normalized spacial score (nSPS) is 12.9. The molecular weight excluding hydrogens is 747 g/mol. The summed E-state index contributed by atoms with van der Waals surface area (Å²) in [5.74, 6) is 0. The van der Waals surface area contributed by atoms with E-state index in [4.69, 9.17) is 0 Å². The molecule has 294 valence electrons. The van der Waals surface area contributed by atoms with E-state index in [2.05, 4.69) is 255 Å². The molecular formula is C61H45N. The predicted molar refractivity (Wildman–Crippen MR) is 264 cm³/mol. The molecule has 0 aliphatic heterocycles. The first-order valence-electron chi connectivity index (χ1n) is 21.6. The van der Waals surface area contributed by atoms with E-state index in [0.29, 0.717) is 0 Å². The smallest absolute Gasteiger partial charge is 0.0540 e. The summed E-state index contributed by atoms with van der Waals surface area (Å²) < 4.78 is 0. The van der Waals surface area contributed by atoms with E-state index in [1.54, 1.807) is 0 Å². The Balaban J connectivity index is 1.18. The minimum Gasteiger partial charge on any atom is -0.310 e. The van der Waals surface area contributed by atoms with Crippen LogP contribution in [0, 0.1) is 0 Å². The number of benzene rings is 10. The van der Waals surface area contributed by atoms with Crippen molar-refractivity contribution < 1.29 is 0 Å². The zero-order valence-corrected chi connectivity index (χ0v) is 35.0. The molecule has 0 unspecified atom stereocenters. The summed E-state index contributed by atoms with van der Waals surface area (Å²) >= 11 is 0. The van der Waals surface area contributed by atoms with Gasteiger partial charge in [0, 0.05) is 22.2 Å². The lowest BCUT2D eigenvalue weighted by atomic mass is 9.80. The number of para-hydroxylation sites is 1. The molecule has 1 aliphatic rings. The van der Waals surface area contributed by atoms with Gasteiger partial charge in [-0.25, -0.2) is 0 Å². The van der Waals surface area contributed by atoms with Gasteiger partial charge in [0.25, 0.3) is 0 Å². The van der Waals surface area contributed by atoms with Gasteiger partial charge in [0.15, 0.2) is 0 Å². The summed E-state index contributed by atoms with van der Waals surface area (Å²) in [6, 6.07) is 84.2. The van der Waals surface area contributed by atoms with Crippen molar-refractivity contribution in [2.24, 2.45) is 0 Å². The maximum Gasteiger partial charge on any atom is 0.0540 e. The second kappa shape index (κ2) is 15.4. The van der Waals surface area contributed by atoms with E-state index < -0.39 is 0 Å². The average molecular weight is 792 g/mol. The van der Waals surface area contributed by atoms with E-state index in [-0.39, 0.29) is 5.41 Å². The van der Waals surface area contributed by atoms with Gasteiger partial charge < -0.3 is 4.90 Å². The van der Waals surface area contributed by atoms with Gasteiger partial charge >= 0.3 is 0 Å². The van der Waals surface area contributed by atoms with Crippen LogP contribution in [0.15, 0.2) is 231 Å². The first-order valence-corrected chi connectivity index (χ1v) is 21.6. The summed E-state index contributed by atoms with van der Waals surface area (Å²) in [5, 5.41) is 4.99. The minimum atomic E-state index is -0.202. The molecule has 0 bridgehead atoms. The SMILES string of the molecule is CC1(C)c2cc3c(/C(=C\c4ccc(-c5ccccc5)cc4)c4ccccc4)ccc(N(c4ccccc4)c4ccc(-c5ccccc5)cc4)c3cc2-c2c1ccc1ccccc21. The van der Waals surface area contributed by atoms with Crippen LogP contribution in [-0.4, -0.2) is 0 Å². The van der Waals surface area contributed by atoms with Crippen LogP contribution in [0.1, 0.15) is 41.7 Å². The Bertz CT molecular complexity index is 3260. The van der Waals surface area contributed by atoms with Gasteiger partial charge in [-0.05, 0) is 131 Å². The zero-order chi connectivity index (χ0) is 41.6. The molecule has 0 saturated heterocycles. The maximum atomic E-state index is 2.52. The Hall–Kier alpha value is -7.74. The molecule has 0 fully saturated rings. The van der Waals surface area contributed by atoms with Crippen molar-refractivity contribution in [3.63, 3.8) is 0 Å². The van der Waals surface area contributed by atoms with Crippen LogP contribution < -0.4 is 4.90 Å². The third-order valence-corrected chi connectivity index (χ3v) is 12.9. The van der Waals surface area contributed by atoms with Crippen LogP contribution in [0.4, 0.5) is 17.1 Å². The number of hydrogen-bond donors (Lipinski definition) is 0. The molecule has 1 nitrogen and oxygen atoms in total. The summed E-state index contributed by atoms with van der Waals surface area (Å²) in [4.78, 5) is 2.44. The second-order valence-electron chi connectivity index (χ2n) is 16.9. The van der Waals surface area contributed by atoms with Crippen LogP contribution in [0.2, 0.25) is 0 Å². The molecule has 10 aromatic carbocycles. The topological polar surface area (TPSA) is 3.24 Å². The molecule has 0 amide bonds. The average Bonchev–Trinajstić information content (AvgIpc) is 3.57. The number of hydrogen-bond acceptors (Lipinski definition) is 1. The van der Waals surface area contributed by atoms with Gasteiger partial charge in [-0.1, -0.05) is 202 Å². The van der Waals surface area contributed by atoms with Crippen molar-refractivity contribution in [2.75, 3.05) is 4.90 Å². The number of nitrogens with zero attached hydrogens (tertiary/aromatic N) is 1. The molecule has 0 spiro atoms. The van der Waals surface area contributed by atoms with E-state index in [1.807, 2.05) is 0 Å². The van der Waals surface area contributed by atoms with Crippen LogP contribution in [0.5, 0.6) is 0 Å². The van der Waals surface area contributed by atoms with Crippen LogP contribution in [-0.2, 0) is 5.41 Å². The standard InChI is InChI=1S/C61H45N/c1-61(2)57-37-33-48-23-15-16-26-51(48)60(57)56-40-55-54(41-58(56)61)52(53(47-21-11-5-12-22-47)39-42-27-29-45(30-28-42)43-17-7-3-8-18-43)36-38-59(55)62(49-24-13-6-14-25-49)50-34-31-46(32-35-50)44-19-9-4-10-20-44/h3-41H,1-2H3/b53-39-. The molecule has 1 heteroatoms. The minimum absolute atomic E-state index is 0.202. The first-order chi connectivity index (χ1) is 30.5. The fraction of sp³-hybridized carbons (Fsp3) is 0.0492. The van der Waals surface area contributed by atoms with Crippen molar-refractivity contribution in [1.29, 1.82) is 0 Å². The molecule has 0 radical (unpaired) electrons. The summed E-state index contributed by atoms with van der Waals surface area (Å²) in [7, 11) is 0. The Morgan fingerprint density at radius 2 is 0.968 bits per heavy atom. The van der Waals surface area contributed by atoms with Crippen molar-refractivity contribution in [3.05, 3.63) is 258 Å². The monoisotopic (exact) mass is 791 g/mol. The summed E-state index contributed by atoms with van der Waals surface area (Å²) in [5.41, 5.74) is 18.1. The Labute approximate surface area is 364 Å². The Kier molecular flexibility index (Phi) is 9.24. The fourth-order valence-electron chi connectivity index (χ4n) is 9.70. The largest absolute Gasteiger partial charge is 0.310 e. The number of fused-ring (bicyclic) bond motifs is 6. The Morgan fingerprint density at radius 1 is 0.419 bits per heavy atom. The van der Waals surface area contributed by atoms with Crippen molar-refractivity contribution in [2.45, 2.75) is 19.3 Å². The van der Waals surface area contributed by atoms with E-state index in [9.17, 15) is 0 Å². The van der Waals surface area contributed by atoms with Gasteiger partial charge in [-0.15, -0.1) is 0 Å². The summed E-state index contributed by atoms with van der Waals surface area (Å²) in [6.07, 6.45) is 2.37. The van der Waals surface area contributed by atoms with Gasteiger partial charge in [-0.3, -0.25) is 0 Å². The van der Waals surface area contributed by atoms with E-state index in [0.717, 1.165) is 22.6 Å². The predicted octanol–water partition coefficient (Wildman–Crippen LogP) is 16.7. The lowest BCUT2D eigenvalue weighted by Gasteiger charge is -2.29. The highest BCUT2D eigenvalue weighted by Crippen LogP contribution is 2.54.